The summed E-state index contributed by atoms with van der Waals surface area (Å²) in [5.74, 6) is 1.39. The van der Waals surface area contributed by atoms with Crippen molar-refractivity contribution in [1.29, 1.82) is 0 Å². The minimum atomic E-state index is 0.0636. The molecule has 0 amide bonds. The first-order valence-electron chi connectivity index (χ1n) is 7.55. The highest BCUT2D eigenvalue weighted by Crippen LogP contribution is 2.32. The fourth-order valence-corrected chi connectivity index (χ4v) is 3.00. The highest BCUT2D eigenvalue weighted by molar-refractivity contribution is 5.98. The highest BCUT2D eigenvalue weighted by atomic mass is 16.7. The molecule has 0 saturated carbocycles. The molecule has 114 valence electrons. The molecule has 2 heterocycles. The number of ether oxygens (including phenoxy) is 2. The van der Waals surface area contributed by atoms with E-state index in [-0.39, 0.29) is 25.2 Å². The summed E-state index contributed by atoms with van der Waals surface area (Å²) in [5, 5.41) is 9.51. The summed E-state index contributed by atoms with van der Waals surface area (Å²) in [6.45, 7) is 1.56. The molecule has 0 aliphatic carbocycles. The standard InChI is InChI=1S/C16H21NO4/c18-10-13-4-2-1-3-7-17(13)9-14(19)12-5-6-15-16(8-12)21-11-20-15/h5-6,8,13,18H,1-4,7,9-11H2. The van der Waals surface area contributed by atoms with E-state index in [0.29, 0.717) is 23.6 Å². The molecule has 1 aromatic rings. The molecule has 2 aliphatic rings. The number of carbonyl (C=O) groups excluding carboxylic acids is 1. The molecule has 0 aromatic heterocycles. The summed E-state index contributed by atoms with van der Waals surface area (Å²) < 4.78 is 10.6. The van der Waals surface area contributed by atoms with Gasteiger partial charge in [0.2, 0.25) is 6.79 Å². The van der Waals surface area contributed by atoms with Crippen molar-refractivity contribution in [2.24, 2.45) is 0 Å². The number of likely N-dealkylation sites (tertiary alicyclic amines) is 1. The molecule has 3 rings (SSSR count). The van der Waals surface area contributed by atoms with Crippen LogP contribution in [0.25, 0.3) is 0 Å². The van der Waals surface area contributed by atoms with Gasteiger partial charge in [-0.05, 0) is 37.6 Å². The lowest BCUT2D eigenvalue weighted by Crippen LogP contribution is -2.40. The van der Waals surface area contributed by atoms with Crippen LogP contribution in [0.2, 0.25) is 0 Å². The van der Waals surface area contributed by atoms with Gasteiger partial charge in [0.15, 0.2) is 17.3 Å². The monoisotopic (exact) mass is 291 g/mol. The largest absolute Gasteiger partial charge is 0.454 e. The number of hydrogen-bond acceptors (Lipinski definition) is 5. The van der Waals surface area contributed by atoms with Gasteiger partial charge in [-0.25, -0.2) is 0 Å². The molecule has 1 fully saturated rings. The minimum Gasteiger partial charge on any atom is -0.454 e. The van der Waals surface area contributed by atoms with Gasteiger partial charge >= 0.3 is 0 Å². The molecule has 21 heavy (non-hydrogen) atoms. The summed E-state index contributed by atoms with van der Waals surface area (Å²) in [6.07, 6.45) is 4.35. The molecule has 1 saturated heterocycles. The zero-order chi connectivity index (χ0) is 14.7. The van der Waals surface area contributed by atoms with E-state index in [1.165, 1.54) is 6.42 Å². The number of aliphatic hydroxyl groups excluding tert-OH is 1. The van der Waals surface area contributed by atoms with Crippen LogP contribution < -0.4 is 9.47 Å². The second-order valence-corrected chi connectivity index (χ2v) is 5.65. The molecule has 1 aromatic carbocycles. The van der Waals surface area contributed by atoms with Crippen LogP contribution in [0.5, 0.6) is 11.5 Å². The number of ketones is 1. The molecule has 1 N–H and O–H groups in total. The molecule has 5 nitrogen and oxygen atoms in total. The second-order valence-electron chi connectivity index (χ2n) is 5.65. The van der Waals surface area contributed by atoms with Gasteiger partial charge in [-0.2, -0.15) is 0 Å². The Bertz CT molecular complexity index is 517. The molecule has 2 aliphatic heterocycles. The van der Waals surface area contributed by atoms with Crippen molar-refractivity contribution in [2.75, 3.05) is 26.5 Å². The minimum absolute atomic E-state index is 0.0636. The Morgan fingerprint density at radius 2 is 2.10 bits per heavy atom. The number of fused-ring (bicyclic) bond motifs is 1. The summed E-state index contributed by atoms with van der Waals surface area (Å²) in [7, 11) is 0. The Morgan fingerprint density at radius 3 is 2.95 bits per heavy atom. The zero-order valence-corrected chi connectivity index (χ0v) is 12.1. The van der Waals surface area contributed by atoms with Crippen LogP contribution in [0.4, 0.5) is 0 Å². The SMILES string of the molecule is O=C(CN1CCCCCC1CO)c1ccc2c(c1)OCO2. The van der Waals surface area contributed by atoms with Crippen LogP contribution in [-0.2, 0) is 0 Å². The van der Waals surface area contributed by atoms with E-state index in [0.717, 1.165) is 25.8 Å². The normalized spacial score (nSPS) is 22.0. The fraction of sp³-hybridized carbons (Fsp3) is 0.562. The lowest BCUT2D eigenvalue weighted by atomic mass is 10.1. The van der Waals surface area contributed by atoms with Gasteiger partial charge in [0.05, 0.1) is 13.2 Å². The van der Waals surface area contributed by atoms with Crippen molar-refractivity contribution in [3.63, 3.8) is 0 Å². The van der Waals surface area contributed by atoms with Gasteiger partial charge in [0.25, 0.3) is 0 Å². The van der Waals surface area contributed by atoms with Crippen LogP contribution in [0.15, 0.2) is 18.2 Å². The van der Waals surface area contributed by atoms with Crippen molar-refractivity contribution in [1.82, 2.24) is 4.90 Å². The predicted molar refractivity (Wildman–Crippen MR) is 77.8 cm³/mol. The Hall–Kier alpha value is -1.59. The van der Waals surface area contributed by atoms with Crippen LogP contribution in [0.1, 0.15) is 36.0 Å². The van der Waals surface area contributed by atoms with Gasteiger partial charge in [0, 0.05) is 11.6 Å². The van der Waals surface area contributed by atoms with Crippen molar-refractivity contribution in [3.8, 4) is 11.5 Å². The molecule has 0 radical (unpaired) electrons. The number of nitrogens with zero attached hydrogens (tertiary/aromatic N) is 1. The maximum atomic E-state index is 12.5. The summed E-state index contributed by atoms with van der Waals surface area (Å²) in [4.78, 5) is 14.6. The zero-order valence-electron chi connectivity index (χ0n) is 12.1. The predicted octanol–water partition coefficient (Wildman–Crippen LogP) is 1.83. The van der Waals surface area contributed by atoms with Crippen LogP contribution in [0, 0.1) is 0 Å². The van der Waals surface area contributed by atoms with E-state index in [4.69, 9.17) is 9.47 Å². The van der Waals surface area contributed by atoms with E-state index in [9.17, 15) is 9.90 Å². The number of aliphatic hydroxyl groups is 1. The number of rotatable bonds is 4. The van der Waals surface area contributed by atoms with Crippen molar-refractivity contribution >= 4 is 5.78 Å². The molecular weight excluding hydrogens is 270 g/mol. The third-order valence-corrected chi connectivity index (χ3v) is 4.25. The number of benzene rings is 1. The lowest BCUT2D eigenvalue weighted by Gasteiger charge is -2.27. The van der Waals surface area contributed by atoms with Crippen LogP contribution >= 0.6 is 0 Å². The lowest BCUT2D eigenvalue weighted by molar-refractivity contribution is 0.0826. The molecule has 1 unspecified atom stereocenters. The van der Waals surface area contributed by atoms with E-state index in [1.54, 1.807) is 18.2 Å². The van der Waals surface area contributed by atoms with Crippen molar-refractivity contribution in [3.05, 3.63) is 23.8 Å². The fourth-order valence-electron chi connectivity index (χ4n) is 3.00. The van der Waals surface area contributed by atoms with E-state index in [2.05, 4.69) is 4.90 Å². The van der Waals surface area contributed by atoms with E-state index in [1.807, 2.05) is 0 Å². The Balaban J connectivity index is 1.70. The number of carbonyl (C=O) groups is 1. The molecule has 0 bridgehead atoms. The van der Waals surface area contributed by atoms with Crippen LogP contribution in [-0.4, -0.2) is 48.3 Å². The van der Waals surface area contributed by atoms with Gasteiger partial charge in [-0.3, -0.25) is 9.69 Å². The van der Waals surface area contributed by atoms with Gasteiger partial charge in [0.1, 0.15) is 0 Å². The Kier molecular flexibility index (Phi) is 4.41. The Morgan fingerprint density at radius 1 is 1.24 bits per heavy atom. The average Bonchev–Trinajstić information content (AvgIpc) is 2.86. The first kappa shape index (κ1) is 14.4. The molecular formula is C16H21NO4. The third-order valence-electron chi connectivity index (χ3n) is 4.25. The molecule has 0 spiro atoms. The second kappa shape index (κ2) is 6.45. The van der Waals surface area contributed by atoms with Gasteiger partial charge < -0.3 is 14.6 Å². The first-order chi connectivity index (χ1) is 10.3. The van der Waals surface area contributed by atoms with Crippen molar-refractivity contribution in [2.45, 2.75) is 31.7 Å². The maximum Gasteiger partial charge on any atom is 0.231 e. The summed E-state index contributed by atoms with van der Waals surface area (Å²) >= 11 is 0. The average molecular weight is 291 g/mol. The van der Waals surface area contributed by atoms with Gasteiger partial charge in [-0.1, -0.05) is 12.8 Å². The Labute approximate surface area is 124 Å². The van der Waals surface area contributed by atoms with E-state index >= 15 is 0 Å². The van der Waals surface area contributed by atoms with E-state index < -0.39 is 0 Å². The highest BCUT2D eigenvalue weighted by Gasteiger charge is 2.24. The smallest absolute Gasteiger partial charge is 0.231 e. The number of hydrogen-bond donors (Lipinski definition) is 1. The molecule has 5 heteroatoms. The topological polar surface area (TPSA) is 59.0 Å². The maximum absolute atomic E-state index is 12.5. The summed E-state index contributed by atoms with van der Waals surface area (Å²) in [5.41, 5.74) is 0.639. The van der Waals surface area contributed by atoms with Gasteiger partial charge in [-0.15, -0.1) is 0 Å². The third kappa shape index (κ3) is 3.19. The first-order valence-corrected chi connectivity index (χ1v) is 7.55. The van der Waals surface area contributed by atoms with Crippen LogP contribution in [0.3, 0.4) is 0 Å². The number of Topliss-reactive ketones (excluding diaryl/α,β-unsaturated/α-hetero) is 1. The quantitative estimate of drug-likeness (QED) is 0.858. The molecule has 1 atom stereocenters. The summed E-state index contributed by atoms with van der Waals surface area (Å²) in [6, 6.07) is 5.41. The van der Waals surface area contributed by atoms with Crippen molar-refractivity contribution < 1.29 is 19.4 Å².